The molecule has 0 amide bonds. The average molecular weight is 272 g/mol. The SMILES string of the molecule is CCCC(NCCOc1ccccc1Cl)C(=O)O. The smallest absolute Gasteiger partial charge is 0.320 e. The Morgan fingerprint density at radius 1 is 1.50 bits per heavy atom. The fourth-order valence-electron chi connectivity index (χ4n) is 1.56. The van der Waals surface area contributed by atoms with E-state index in [0.717, 1.165) is 6.42 Å². The summed E-state index contributed by atoms with van der Waals surface area (Å²) >= 11 is 5.93. The normalized spacial score (nSPS) is 12.1. The quantitative estimate of drug-likeness (QED) is 0.714. The van der Waals surface area contributed by atoms with Gasteiger partial charge in [0.1, 0.15) is 18.4 Å². The summed E-state index contributed by atoms with van der Waals surface area (Å²) in [6, 6.07) is 6.69. The number of para-hydroxylation sites is 1. The molecule has 18 heavy (non-hydrogen) atoms. The zero-order valence-electron chi connectivity index (χ0n) is 10.4. The number of halogens is 1. The second-order valence-corrected chi connectivity index (χ2v) is 4.32. The van der Waals surface area contributed by atoms with Gasteiger partial charge < -0.3 is 15.2 Å². The van der Waals surface area contributed by atoms with Crippen molar-refractivity contribution < 1.29 is 14.6 Å². The van der Waals surface area contributed by atoms with Gasteiger partial charge in [-0.1, -0.05) is 37.1 Å². The largest absolute Gasteiger partial charge is 0.491 e. The zero-order chi connectivity index (χ0) is 13.4. The van der Waals surface area contributed by atoms with Gasteiger partial charge in [0.25, 0.3) is 0 Å². The van der Waals surface area contributed by atoms with Gasteiger partial charge in [-0.05, 0) is 18.6 Å². The number of ether oxygens (including phenoxy) is 1. The number of carboxylic acid groups (broad SMARTS) is 1. The maximum atomic E-state index is 10.9. The van der Waals surface area contributed by atoms with E-state index >= 15 is 0 Å². The van der Waals surface area contributed by atoms with Crippen molar-refractivity contribution in [3.8, 4) is 5.75 Å². The van der Waals surface area contributed by atoms with E-state index < -0.39 is 12.0 Å². The Kier molecular flexibility index (Phi) is 6.54. The first-order chi connectivity index (χ1) is 8.65. The molecule has 5 heteroatoms. The molecule has 0 saturated heterocycles. The first-order valence-corrected chi connectivity index (χ1v) is 6.36. The van der Waals surface area contributed by atoms with Crippen LogP contribution >= 0.6 is 11.6 Å². The summed E-state index contributed by atoms with van der Waals surface area (Å²) in [6.07, 6.45) is 1.44. The molecule has 0 aliphatic rings. The molecule has 0 aliphatic heterocycles. The summed E-state index contributed by atoms with van der Waals surface area (Å²) in [5.74, 6) is -0.210. The molecule has 0 spiro atoms. The molecule has 2 N–H and O–H groups in total. The van der Waals surface area contributed by atoms with Gasteiger partial charge in [0.2, 0.25) is 0 Å². The standard InChI is InChI=1S/C13H18ClNO3/c1-2-5-11(13(16)17)15-8-9-18-12-7-4-3-6-10(12)14/h3-4,6-7,11,15H,2,5,8-9H2,1H3,(H,16,17). The van der Waals surface area contributed by atoms with Gasteiger partial charge in [0.15, 0.2) is 0 Å². The Labute approximate surface area is 112 Å². The third kappa shape index (κ3) is 4.94. The fourth-order valence-corrected chi connectivity index (χ4v) is 1.75. The van der Waals surface area contributed by atoms with Crippen LogP contribution in [0.15, 0.2) is 24.3 Å². The van der Waals surface area contributed by atoms with Crippen molar-refractivity contribution in [1.82, 2.24) is 5.32 Å². The van der Waals surface area contributed by atoms with Crippen LogP contribution in [-0.2, 0) is 4.79 Å². The first kappa shape index (κ1) is 14.8. The third-order valence-electron chi connectivity index (χ3n) is 2.46. The van der Waals surface area contributed by atoms with E-state index in [1.807, 2.05) is 19.1 Å². The van der Waals surface area contributed by atoms with Gasteiger partial charge in [0.05, 0.1) is 5.02 Å². The van der Waals surface area contributed by atoms with E-state index in [1.165, 1.54) is 0 Å². The van der Waals surface area contributed by atoms with Crippen molar-refractivity contribution in [2.24, 2.45) is 0 Å². The summed E-state index contributed by atoms with van der Waals surface area (Å²) in [5, 5.41) is 12.4. The van der Waals surface area contributed by atoms with Gasteiger partial charge in [-0.3, -0.25) is 4.79 Å². The lowest BCUT2D eigenvalue weighted by Gasteiger charge is -2.14. The topological polar surface area (TPSA) is 58.6 Å². The molecule has 0 aromatic heterocycles. The molecular weight excluding hydrogens is 254 g/mol. The molecule has 0 radical (unpaired) electrons. The molecule has 1 aromatic carbocycles. The van der Waals surface area contributed by atoms with E-state index in [2.05, 4.69) is 5.32 Å². The second kappa shape index (κ2) is 7.95. The van der Waals surface area contributed by atoms with Crippen LogP contribution in [-0.4, -0.2) is 30.3 Å². The number of benzene rings is 1. The summed E-state index contributed by atoms with van der Waals surface area (Å²) < 4.78 is 5.46. The number of hydrogen-bond donors (Lipinski definition) is 2. The first-order valence-electron chi connectivity index (χ1n) is 5.98. The van der Waals surface area contributed by atoms with Crippen LogP contribution in [0, 0.1) is 0 Å². The molecule has 0 saturated carbocycles. The van der Waals surface area contributed by atoms with Crippen molar-refractivity contribution in [2.45, 2.75) is 25.8 Å². The van der Waals surface area contributed by atoms with E-state index in [4.69, 9.17) is 21.4 Å². The Balaban J connectivity index is 2.30. The molecule has 1 unspecified atom stereocenters. The summed E-state index contributed by atoms with van der Waals surface area (Å²) in [7, 11) is 0. The number of rotatable bonds is 8. The maximum Gasteiger partial charge on any atom is 0.320 e. The highest BCUT2D eigenvalue weighted by Gasteiger charge is 2.14. The third-order valence-corrected chi connectivity index (χ3v) is 2.77. The van der Waals surface area contributed by atoms with Gasteiger partial charge >= 0.3 is 5.97 Å². The number of carboxylic acids is 1. The van der Waals surface area contributed by atoms with Crippen LogP contribution in [0.4, 0.5) is 0 Å². The zero-order valence-corrected chi connectivity index (χ0v) is 11.1. The molecule has 4 nitrogen and oxygen atoms in total. The number of carbonyl (C=O) groups is 1. The predicted molar refractivity (Wildman–Crippen MR) is 71.3 cm³/mol. The minimum Gasteiger partial charge on any atom is -0.491 e. The van der Waals surface area contributed by atoms with Crippen molar-refractivity contribution >= 4 is 17.6 Å². The van der Waals surface area contributed by atoms with Crippen molar-refractivity contribution in [3.05, 3.63) is 29.3 Å². The van der Waals surface area contributed by atoms with E-state index in [1.54, 1.807) is 12.1 Å². The molecule has 100 valence electrons. The van der Waals surface area contributed by atoms with Gasteiger partial charge in [-0.15, -0.1) is 0 Å². The van der Waals surface area contributed by atoms with E-state index in [0.29, 0.717) is 30.3 Å². The van der Waals surface area contributed by atoms with Crippen LogP contribution in [0.2, 0.25) is 5.02 Å². The Bertz CT molecular complexity index is 384. The second-order valence-electron chi connectivity index (χ2n) is 3.91. The number of nitrogens with one attached hydrogen (secondary N) is 1. The molecule has 1 rings (SSSR count). The maximum absolute atomic E-state index is 10.9. The van der Waals surface area contributed by atoms with Gasteiger partial charge in [-0.25, -0.2) is 0 Å². The Morgan fingerprint density at radius 3 is 2.83 bits per heavy atom. The van der Waals surface area contributed by atoms with Crippen LogP contribution < -0.4 is 10.1 Å². The van der Waals surface area contributed by atoms with E-state index in [-0.39, 0.29) is 0 Å². The number of aliphatic carboxylic acids is 1. The van der Waals surface area contributed by atoms with Crippen molar-refractivity contribution in [2.75, 3.05) is 13.2 Å². The molecule has 0 heterocycles. The van der Waals surface area contributed by atoms with Crippen molar-refractivity contribution in [3.63, 3.8) is 0 Å². The van der Waals surface area contributed by atoms with Crippen LogP contribution in [0.1, 0.15) is 19.8 Å². The summed E-state index contributed by atoms with van der Waals surface area (Å²) in [4.78, 5) is 10.9. The lowest BCUT2D eigenvalue weighted by molar-refractivity contribution is -0.139. The predicted octanol–water partition coefficient (Wildman–Crippen LogP) is 2.56. The minimum atomic E-state index is -0.824. The Hall–Kier alpha value is -1.26. The van der Waals surface area contributed by atoms with Crippen LogP contribution in [0.5, 0.6) is 5.75 Å². The fraction of sp³-hybridized carbons (Fsp3) is 0.462. The molecule has 0 bridgehead atoms. The lowest BCUT2D eigenvalue weighted by atomic mass is 10.2. The summed E-state index contributed by atoms with van der Waals surface area (Å²) in [6.45, 7) is 2.82. The van der Waals surface area contributed by atoms with Gasteiger partial charge in [-0.2, -0.15) is 0 Å². The highest BCUT2D eigenvalue weighted by atomic mass is 35.5. The molecular formula is C13H18ClNO3. The minimum absolute atomic E-state index is 0.386. The van der Waals surface area contributed by atoms with Gasteiger partial charge in [0, 0.05) is 6.54 Å². The molecule has 0 aliphatic carbocycles. The highest BCUT2D eigenvalue weighted by Crippen LogP contribution is 2.22. The van der Waals surface area contributed by atoms with E-state index in [9.17, 15) is 4.79 Å². The lowest BCUT2D eigenvalue weighted by Crippen LogP contribution is -2.38. The Morgan fingerprint density at radius 2 is 2.22 bits per heavy atom. The monoisotopic (exact) mass is 271 g/mol. The highest BCUT2D eigenvalue weighted by molar-refractivity contribution is 6.32. The van der Waals surface area contributed by atoms with Crippen LogP contribution in [0.25, 0.3) is 0 Å². The summed E-state index contributed by atoms with van der Waals surface area (Å²) in [5.41, 5.74) is 0. The average Bonchev–Trinajstić information content (AvgIpc) is 2.35. The van der Waals surface area contributed by atoms with Crippen LogP contribution in [0.3, 0.4) is 0 Å². The van der Waals surface area contributed by atoms with Crippen molar-refractivity contribution in [1.29, 1.82) is 0 Å². The molecule has 0 fully saturated rings. The molecule has 1 aromatic rings. The number of hydrogen-bond acceptors (Lipinski definition) is 3. The molecule has 1 atom stereocenters.